The van der Waals surface area contributed by atoms with Crippen LogP contribution in [0.3, 0.4) is 0 Å². The number of hydrogen-bond donors (Lipinski definition) is 0. The maximum absolute atomic E-state index is 10.6. The van der Waals surface area contributed by atoms with Crippen molar-refractivity contribution in [1.82, 2.24) is 0 Å². The van der Waals surface area contributed by atoms with Crippen molar-refractivity contribution in [2.75, 3.05) is 12.0 Å². The Hall–Kier alpha value is 0.260. The SMILES string of the molecule is C[S+]1CCCCC1S(=O)(=O)[O-]. The molecule has 0 saturated carbocycles. The van der Waals surface area contributed by atoms with Crippen molar-refractivity contribution >= 4 is 21.0 Å². The second kappa shape index (κ2) is 3.33. The van der Waals surface area contributed by atoms with Gasteiger partial charge in [-0.05, 0) is 12.8 Å². The van der Waals surface area contributed by atoms with E-state index in [-0.39, 0.29) is 10.9 Å². The molecule has 0 aliphatic carbocycles. The molecule has 3 nitrogen and oxygen atoms in total. The van der Waals surface area contributed by atoms with Crippen LogP contribution in [0.15, 0.2) is 0 Å². The van der Waals surface area contributed by atoms with E-state index in [1.54, 1.807) is 0 Å². The summed E-state index contributed by atoms with van der Waals surface area (Å²) in [5.41, 5.74) is 0. The lowest BCUT2D eigenvalue weighted by molar-refractivity contribution is 0.454. The molecule has 5 heteroatoms. The second-order valence-electron chi connectivity index (χ2n) is 2.81. The molecule has 66 valence electrons. The fourth-order valence-corrected chi connectivity index (χ4v) is 5.16. The third-order valence-corrected chi connectivity index (χ3v) is 6.57. The summed E-state index contributed by atoms with van der Waals surface area (Å²) >= 11 is 0. The fourth-order valence-electron chi connectivity index (χ4n) is 1.32. The molecule has 2 atom stereocenters. The zero-order valence-electron chi connectivity index (χ0n) is 6.45. The van der Waals surface area contributed by atoms with E-state index in [4.69, 9.17) is 0 Å². The smallest absolute Gasteiger partial charge is 0.205 e. The molecule has 0 spiro atoms. The first-order chi connectivity index (χ1) is 5.02. The summed E-state index contributed by atoms with van der Waals surface area (Å²) in [6, 6.07) is 0. The van der Waals surface area contributed by atoms with E-state index < -0.39 is 14.7 Å². The first-order valence-electron chi connectivity index (χ1n) is 3.58. The van der Waals surface area contributed by atoms with Gasteiger partial charge in [0, 0.05) is 17.3 Å². The van der Waals surface area contributed by atoms with Gasteiger partial charge in [-0.2, -0.15) is 0 Å². The Labute approximate surface area is 70.3 Å². The average Bonchev–Trinajstić information content (AvgIpc) is 1.86. The van der Waals surface area contributed by atoms with Gasteiger partial charge in [0.15, 0.2) is 0 Å². The average molecular weight is 196 g/mol. The van der Waals surface area contributed by atoms with E-state index in [1.807, 2.05) is 6.26 Å². The van der Waals surface area contributed by atoms with Gasteiger partial charge in [0.25, 0.3) is 0 Å². The normalized spacial score (nSPS) is 33.6. The maximum Gasteiger partial charge on any atom is 0.205 e. The van der Waals surface area contributed by atoms with Crippen LogP contribution in [0.5, 0.6) is 0 Å². The summed E-state index contributed by atoms with van der Waals surface area (Å²) in [7, 11) is -4.21. The van der Waals surface area contributed by atoms with E-state index in [0.29, 0.717) is 6.42 Å². The minimum Gasteiger partial charge on any atom is -0.744 e. The molecule has 1 fully saturated rings. The molecule has 1 rings (SSSR count). The highest BCUT2D eigenvalue weighted by Crippen LogP contribution is 2.23. The Balaban J connectivity index is 2.70. The molecule has 0 aromatic carbocycles. The van der Waals surface area contributed by atoms with Crippen molar-refractivity contribution in [1.29, 1.82) is 0 Å². The van der Waals surface area contributed by atoms with Gasteiger partial charge in [-0.15, -0.1) is 0 Å². The van der Waals surface area contributed by atoms with Crippen LogP contribution in [0.2, 0.25) is 0 Å². The van der Waals surface area contributed by atoms with E-state index in [9.17, 15) is 13.0 Å². The molecule has 0 radical (unpaired) electrons. The van der Waals surface area contributed by atoms with Gasteiger partial charge in [-0.3, -0.25) is 0 Å². The summed E-state index contributed by atoms with van der Waals surface area (Å²) in [6.07, 6.45) is 4.42. The third kappa shape index (κ3) is 2.35. The van der Waals surface area contributed by atoms with Crippen LogP contribution in [0.4, 0.5) is 0 Å². The summed E-state index contributed by atoms with van der Waals surface area (Å²) in [6.45, 7) is 0. The zero-order chi connectivity index (χ0) is 8.48. The molecular weight excluding hydrogens is 184 g/mol. The number of hydrogen-bond acceptors (Lipinski definition) is 3. The summed E-state index contributed by atoms with van der Waals surface area (Å²) in [5, 5.41) is 0. The minimum absolute atomic E-state index is 0.198. The van der Waals surface area contributed by atoms with Crippen LogP contribution in [-0.2, 0) is 21.0 Å². The van der Waals surface area contributed by atoms with Crippen molar-refractivity contribution in [2.45, 2.75) is 23.8 Å². The van der Waals surface area contributed by atoms with Crippen molar-refractivity contribution in [2.24, 2.45) is 0 Å². The molecule has 11 heavy (non-hydrogen) atoms. The zero-order valence-corrected chi connectivity index (χ0v) is 8.08. The summed E-state index contributed by atoms with van der Waals surface area (Å²) in [4.78, 5) is 0. The van der Waals surface area contributed by atoms with Gasteiger partial charge in [-0.25, -0.2) is 8.42 Å². The van der Waals surface area contributed by atoms with Gasteiger partial charge in [0.2, 0.25) is 4.58 Å². The molecular formula is C6H12O3S2. The van der Waals surface area contributed by atoms with E-state index in [0.717, 1.165) is 18.6 Å². The van der Waals surface area contributed by atoms with Crippen LogP contribution < -0.4 is 0 Å². The lowest BCUT2D eigenvalue weighted by Gasteiger charge is -2.23. The van der Waals surface area contributed by atoms with Crippen LogP contribution in [0.25, 0.3) is 0 Å². The quantitative estimate of drug-likeness (QED) is 0.447. The van der Waals surface area contributed by atoms with Crippen molar-refractivity contribution in [3.8, 4) is 0 Å². The lowest BCUT2D eigenvalue weighted by atomic mass is 10.3. The predicted octanol–water partition coefficient (Wildman–Crippen LogP) is 0.290. The Morgan fingerprint density at radius 1 is 1.45 bits per heavy atom. The minimum atomic E-state index is -4.01. The topological polar surface area (TPSA) is 57.2 Å². The molecule has 0 aromatic heterocycles. The summed E-state index contributed by atoms with van der Waals surface area (Å²) < 4.78 is 31.4. The van der Waals surface area contributed by atoms with Gasteiger partial charge in [0.1, 0.15) is 15.9 Å². The standard InChI is InChI=1S/C6H12O3S2/c1-10-5-3-2-4-6(10)11(7,8)9/h6H,2-5H2,1H3. The van der Waals surface area contributed by atoms with Gasteiger partial charge >= 0.3 is 0 Å². The Bertz CT molecular complexity index is 222. The lowest BCUT2D eigenvalue weighted by Crippen LogP contribution is -2.34. The Kier molecular flexibility index (Phi) is 2.83. The molecule has 1 heterocycles. The van der Waals surface area contributed by atoms with Crippen LogP contribution >= 0.6 is 0 Å². The third-order valence-electron chi connectivity index (χ3n) is 1.93. The van der Waals surface area contributed by atoms with E-state index >= 15 is 0 Å². The fraction of sp³-hybridized carbons (Fsp3) is 1.00. The first kappa shape index (κ1) is 9.35. The van der Waals surface area contributed by atoms with Crippen LogP contribution in [-0.4, -0.2) is 29.6 Å². The van der Waals surface area contributed by atoms with Gasteiger partial charge in [0.05, 0.1) is 6.26 Å². The Morgan fingerprint density at radius 2 is 2.09 bits per heavy atom. The number of rotatable bonds is 1. The molecule has 0 N–H and O–H groups in total. The largest absolute Gasteiger partial charge is 0.744 e. The molecule has 0 aromatic rings. The second-order valence-corrected chi connectivity index (χ2v) is 7.03. The highest BCUT2D eigenvalue weighted by molar-refractivity contribution is 8.09. The molecule has 2 unspecified atom stereocenters. The van der Waals surface area contributed by atoms with Crippen molar-refractivity contribution in [3.63, 3.8) is 0 Å². The van der Waals surface area contributed by atoms with Crippen LogP contribution in [0, 0.1) is 0 Å². The molecule has 1 saturated heterocycles. The Morgan fingerprint density at radius 3 is 2.45 bits per heavy atom. The molecule has 0 amide bonds. The monoisotopic (exact) mass is 196 g/mol. The van der Waals surface area contributed by atoms with E-state index in [1.165, 1.54) is 0 Å². The van der Waals surface area contributed by atoms with Gasteiger partial charge < -0.3 is 4.55 Å². The highest BCUT2D eigenvalue weighted by Gasteiger charge is 2.34. The molecule has 1 aliphatic rings. The summed E-state index contributed by atoms with van der Waals surface area (Å²) in [5.74, 6) is 0.909. The van der Waals surface area contributed by atoms with Gasteiger partial charge in [-0.1, -0.05) is 0 Å². The molecule has 1 aliphatic heterocycles. The molecule has 0 bridgehead atoms. The highest BCUT2D eigenvalue weighted by atomic mass is 32.3. The predicted molar refractivity (Wildman–Crippen MR) is 45.5 cm³/mol. The van der Waals surface area contributed by atoms with Crippen molar-refractivity contribution < 1.29 is 13.0 Å². The maximum atomic E-state index is 10.6. The van der Waals surface area contributed by atoms with E-state index in [2.05, 4.69) is 0 Å². The first-order valence-corrected chi connectivity index (χ1v) is 6.91. The van der Waals surface area contributed by atoms with Crippen LogP contribution in [0.1, 0.15) is 19.3 Å². The van der Waals surface area contributed by atoms with Crippen molar-refractivity contribution in [3.05, 3.63) is 0 Å².